The van der Waals surface area contributed by atoms with Crippen molar-refractivity contribution in [2.24, 2.45) is 0 Å². The number of benzene rings is 1. The Balaban J connectivity index is 1.55. The Kier molecular flexibility index (Phi) is 5.48. The number of hydrogen-bond acceptors (Lipinski definition) is 4. The molecule has 0 atom stereocenters. The molecule has 0 aliphatic carbocycles. The first-order chi connectivity index (χ1) is 12.1. The van der Waals surface area contributed by atoms with Crippen LogP contribution in [0.15, 0.2) is 39.5 Å². The van der Waals surface area contributed by atoms with E-state index >= 15 is 0 Å². The molecule has 0 unspecified atom stereocenters. The van der Waals surface area contributed by atoms with Crippen LogP contribution in [-0.2, 0) is 4.79 Å². The normalized spacial score (nSPS) is 15.2. The zero-order valence-electron chi connectivity index (χ0n) is 14.1. The number of nitrogens with one attached hydrogen (secondary N) is 1. The minimum absolute atomic E-state index is 0.00421. The molecule has 0 spiro atoms. The molecule has 1 aromatic heterocycles. The number of carbonyl (C=O) groups is 2. The summed E-state index contributed by atoms with van der Waals surface area (Å²) in [5.41, 5.74) is -0.174. The lowest BCUT2D eigenvalue weighted by Gasteiger charge is -2.20. The molecule has 1 aliphatic rings. The number of fused-ring (bicyclic) bond motifs is 1. The molecule has 132 valence electrons. The second-order valence-corrected chi connectivity index (χ2v) is 6.29. The highest BCUT2D eigenvalue weighted by atomic mass is 16.4. The van der Waals surface area contributed by atoms with Crippen LogP contribution in [0.3, 0.4) is 0 Å². The third-order valence-electron chi connectivity index (χ3n) is 4.45. The maximum atomic E-state index is 12.2. The van der Waals surface area contributed by atoms with E-state index < -0.39 is 11.5 Å². The molecule has 1 saturated heterocycles. The third-order valence-corrected chi connectivity index (χ3v) is 4.45. The highest BCUT2D eigenvalue weighted by Crippen LogP contribution is 2.13. The lowest BCUT2D eigenvalue weighted by molar-refractivity contribution is -0.130. The minimum Gasteiger partial charge on any atom is -0.422 e. The first-order valence-corrected chi connectivity index (χ1v) is 8.74. The lowest BCUT2D eigenvalue weighted by atomic mass is 10.2. The fraction of sp³-hybridized carbons (Fsp3) is 0.421. The van der Waals surface area contributed by atoms with Crippen molar-refractivity contribution in [1.29, 1.82) is 0 Å². The Morgan fingerprint density at radius 3 is 2.88 bits per heavy atom. The molecule has 0 radical (unpaired) electrons. The molecule has 25 heavy (non-hydrogen) atoms. The molecule has 0 saturated carbocycles. The van der Waals surface area contributed by atoms with Crippen LogP contribution >= 0.6 is 0 Å². The Morgan fingerprint density at radius 1 is 1.16 bits per heavy atom. The van der Waals surface area contributed by atoms with Gasteiger partial charge in [-0.3, -0.25) is 9.59 Å². The van der Waals surface area contributed by atoms with Gasteiger partial charge in [-0.25, -0.2) is 4.79 Å². The van der Waals surface area contributed by atoms with E-state index in [1.165, 1.54) is 0 Å². The van der Waals surface area contributed by atoms with Crippen molar-refractivity contribution in [3.8, 4) is 0 Å². The van der Waals surface area contributed by atoms with Crippen molar-refractivity contribution < 1.29 is 14.0 Å². The molecule has 0 bridgehead atoms. The van der Waals surface area contributed by atoms with Gasteiger partial charge in [0.05, 0.1) is 0 Å². The van der Waals surface area contributed by atoms with E-state index in [1.807, 2.05) is 11.0 Å². The quantitative estimate of drug-likeness (QED) is 0.668. The van der Waals surface area contributed by atoms with E-state index in [4.69, 9.17) is 4.42 Å². The fourth-order valence-electron chi connectivity index (χ4n) is 3.06. The SMILES string of the molecule is O=C(NCCCN1CCCCCC1=O)c1cc2ccccc2oc1=O. The topological polar surface area (TPSA) is 79.6 Å². The number of carbonyl (C=O) groups excluding carboxylic acids is 2. The van der Waals surface area contributed by atoms with Crippen molar-refractivity contribution in [2.45, 2.75) is 32.1 Å². The Morgan fingerprint density at radius 2 is 2.00 bits per heavy atom. The zero-order chi connectivity index (χ0) is 17.6. The van der Waals surface area contributed by atoms with Crippen LogP contribution in [-0.4, -0.2) is 36.3 Å². The molecule has 3 rings (SSSR count). The molecule has 2 aromatic rings. The second kappa shape index (κ2) is 7.96. The van der Waals surface area contributed by atoms with Crippen molar-refractivity contribution in [3.63, 3.8) is 0 Å². The number of hydrogen-bond donors (Lipinski definition) is 1. The molecular formula is C19H22N2O4. The summed E-state index contributed by atoms with van der Waals surface area (Å²) < 4.78 is 5.17. The molecule has 1 N–H and O–H groups in total. The van der Waals surface area contributed by atoms with Crippen LogP contribution in [0.4, 0.5) is 0 Å². The summed E-state index contributed by atoms with van der Waals surface area (Å²) in [5, 5.41) is 3.45. The summed E-state index contributed by atoms with van der Waals surface area (Å²) in [5.74, 6) is -0.249. The first-order valence-electron chi connectivity index (χ1n) is 8.74. The van der Waals surface area contributed by atoms with Gasteiger partial charge in [0.2, 0.25) is 5.91 Å². The van der Waals surface area contributed by atoms with Gasteiger partial charge >= 0.3 is 5.63 Å². The average molecular weight is 342 g/mol. The van der Waals surface area contributed by atoms with E-state index in [1.54, 1.807) is 24.3 Å². The van der Waals surface area contributed by atoms with Gasteiger partial charge in [-0.1, -0.05) is 24.6 Å². The standard InChI is InChI=1S/C19H22N2O4/c22-17-9-2-1-5-11-21(17)12-6-10-20-18(23)15-13-14-7-3-4-8-16(14)25-19(15)24/h3-4,7-8,13H,1-2,5-6,9-12H2,(H,20,23). The maximum Gasteiger partial charge on any atom is 0.349 e. The zero-order valence-corrected chi connectivity index (χ0v) is 14.1. The van der Waals surface area contributed by atoms with Crippen molar-refractivity contribution in [2.75, 3.05) is 19.6 Å². The monoisotopic (exact) mass is 342 g/mol. The maximum absolute atomic E-state index is 12.2. The number of nitrogens with zero attached hydrogens (tertiary/aromatic N) is 1. The van der Waals surface area contributed by atoms with Crippen LogP contribution in [0.5, 0.6) is 0 Å². The number of likely N-dealkylation sites (tertiary alicyclic amines) is 1. The molecule has 1 aromatic carbocycles. The molecule has 1 aliphatic heterocycles. The van der Waals surface area contributed by atoms with Crippen LogP contribution in [0, 0.1) is 0 Å². The predicted octanol–water partition coefficient (Wildman–Crippen LogP) is 2.32. The predicted molar refractivity (Wildman–Crippen MR) is 94.5 cm³/mol. The molecule has 6 nitrogen and oxygen atoms in total. The van der Waals surface area contributed by atoms with Gasteiger partial charge in [0.25, 0.3) is 5.91 Å². The summed E-state index contributed by atoms with van der Waals surface area (Å²) in [7, 11) is 0. The van der Waals surface area contributed by atoms with Gasteiger partial charge in [-0.05, 0) is 31.4 Å². The summed E-state index contributed by atoms with van der Waals surface area (Å²) in [6.45, 7) is 1.83. The Bertz CT molecular complexity index is 828. The van der Waals surface area contributed by atoms with Gasteiger partial charge in [0.1, 0.15) is 11.1 Å². The van der Waals surface area contributed by atoms with Gasteiger partial charge in [-0.15, -0.1) is 0 Å². The van der Waals surface area contributed by atoms with E-state index in [0.29, 0.717) is 36.9 Å². The van der Waals surface area contributed by atoms with Gasteiger partial charge in [-0.2, -0.15) is 0 Å². The van der Waals surface area contributed by atoms with E-state index in [2.05, 4.69) is 5.32 Å². The Labute approximate surface area is 145 Å². The van der Waals surface area contributed by atoms with Crippen LogP contribution in [0.1, 0.15) is 42.5 Å². The second-order valence-electron chi connectivity index (χ2n) is 6.29. The van der Waals surface area contributed by atoms with Crippen LogP contribution in [0.25, 0.3) is 11.0 Å². The average Bonchev–Trinajstić information content (AvgIpc) is 2.82. The number of para-hydroxylation sites is 1. The smallest absolute Gasteiger partial charge is 0.349 e. The summed E-state index contributed by atoms with van der Waals surface area (Å²) >= 11 is 0. The highest BCUT2D eigenvalue weighted by Gasteiger charge is 2.16. The summed E-state index contributed by atoms with van der Waals surface area (Å²) in [4.78, 5) is 38.0. The fourth-order valence-corrected chi connectivity index (χ4v) is 3.06. The van der Waals surface area contributed by atoms with Gasteiger partial charge in [0.15, 0.2) is 0 Å². The minimum atomic E-state index is -0.640. The molecule has 6 heteroatoms. The third kappa shape index (κ3) is 4.26. The molecule has 1 fully saturated rings. The van der Waals surface area contributed by atoms with Gasteiger partial charge in [0, 0.05) is 31.4 Å². The largest absolute Gasteiger partial charge is 0.422 e. The molecular weight excluding hydrogens is 320 g/mol. The number of rotatable bonds is 5. The summed E-state index contributed by atoms with van der Waals surface area (Å²) in [6, 6.07) is 8.63. The van der Waals surface area contributed by atoms with Crippen LogP contribution < -0.4 is 10.9 Å². The van der Waals surface area contributed by atoms with E-state index in [0.717, 1.165) is 25.8 Å². The molecule has 2 amide bonds. The lowest BCUT2D eigenvalue weighted by Crippen LogP contribution is -2.34. The number of amides is 2. The first kappa shape index (κ1) is 17.2. The molecule has 2 heterocycles. The van der Waals surface area contributed by atoms with Crippen LogP contribution in [0.2, 0.25) is 0 Å². The van der Waals surface area contributed by atoms with Crippen molar-refractivity contribution in [3.05, 3.63) is 46.3 Å². The van der Waals surface area contributed by atoms with Crippen molar-refractivity contribution >= 4 is 22.8 Å². The Hall–Kier alpha value is -2.63. The summed E-state index contributed by atoms with van der Waals surface area (Å²) in [6.07, 6.45) is 4.37. The van der Waals surface area contributed by atoms with E-state index in [-0.39, 0.29) is 11.5 Å². The van der Waals surface area contributed by atoms with E-state index in [9.17, 15) is 14.4 Å². The van der Waals surface area contributed by atoms with Gasteiger partial charge < -0.3 is 14.6 Å². The van der Waals surface area contributed by atoms with Crippen molar-refractivity contribution in [1.82, 2.24) is 10.2 Å². The highest BCUT2D eigenvalue weighted by molar-refractivity contribution is 5.96.